The lowest BCUT2D eigenvalue weighted by atomic mass is 9.86. The molecule has 0 amide bonds. The average molecular weight is 339 g/mol. The first-order valence-corrected chi connectivity index (χ1v) is 8.64. The van der Waals surface area contributed by atoms with Crippen LogP contribution in [0, 0.1) is 5.92 Å². The molecule has 1 aliphatic carbocycles. The fraction of sp³-hybridized carbons (Fsp3) is 0.533. The number of hydrogen-bond acceptors (Lipinski definition) is 4. The Morgan fingerprint density at radius 2 is 2.05 bits per heavy atom. The van der Waals surface area contributed by atoms with Gasteiger partial charge in [0, 0.05) is 6.04 Å². The Kier molecular flexibility index (Phi) is 5.90. The molecule has 1 aliphatic rings. The number of carboxylic acid groups (broad SMARTS) is 1. The van der Waals surface area contributed by atoms with Gasteiger partial charge in [0.1, 0.15) is 4.88 Å². The van der Waals surface area contributed by atoms with Crippen molar-refractivity contribution in [2.45, 2.75) is 45.6 Å². The lowest BCUT2D eigenvalue weighted by molar-refractivity contribution is 0.0702. The Labute approximate surface area is 139 Å². The highest BCUT2D eigenvalue weighted by atomic mass is 32.1. The Balaban J connectivity index is 1.89. The molecule has 3 N–H and O–H groups in total. The summed E-state index contributed by atoms with van der Waals surface area (Å²) in [4.78, 5) is 12.0. The van der Waals surface area contributed by atoms with Crippen LogP contribution in [0.15, 0.2) is 17.2 Å². The number of carboxylic acids is 1. The van der Waals surface area contributed by atoms with Crippen LogP contribution in [0.4, 0.5) is 0 Å². The zero-order valence-corrected chi connectivity index (χ0v) is 14.4. The molecule has 120 valence electrons. The number of thiocarbonyl (C=S) groups is 1. The Hall–Kier alpha value is -1.47. The maximum absolute atomic E-state index is 10.9. The van der Waals surface area contributed by atoms with Gasteiger partial charge in [-0.25, -0.2) is 4.79 Å². The van der Waals surface area contributed by atoms with Crippen molar-refractivity contribution in [1.29, 1.82) is 0 Å². The van der Waals surface area contributed by atoms with Gasteiger partial charge in [0.2, 0.25) is 0 Å². The number of nitrogens with one attached hydrogen (secondary N) is 2. The minimum atomic E-state index is -0.916. The molecule has 1 saturated carbocycles. The quantitative estimate of drug-likeness (QED) is 0.446. The fourth-order valence-corrected chi connectivity index (χ4v) is 3.56. The molecule has 1 aromatic heterocycles. The molecule has 5 nitrogen and oxygen atoms in total. The molecule has 2 rings (SSSR count). The van der Waals surface area contributed by atoms with Crippen molar-refractivity contribution in [2.75, 3.05) is 0 Å². The van der Waals surface area contributed by atoms with Crippen molar-refractivity contribution < 1.29 is 9.90 Å². The fourth-order valence-electron chi connectivity index (χ4n) is 2.57. The van der Waals surface area contributed by atoms with Gasteiger partial charge < -0.3 is 10.4 Å². The number of rotatable bonds is 4. The van der Waals surface area contributed by atoms with Gasteiger partial charge in [-0.3, -0.25) is 5.43 Å². The van der Waals surface area contributed by atoms with Crippen LogP contribution in [0.1, 0.15) is 54.1 Å². The molecule has 1 heterocycles. The summed E-state index contributed by atoms with van der Waals surface area (Å²) in [7, 11) is 0. The van der Waals surface area contributed by atoms with Crippen molar-refractivity contribution in [3.63, 3.8) is 0 Å². The van der Waals surface area contributed by atoms with Gasteiger partial charge >= 0.3 is 5.97 Å². The zero-order chi connectivity index (χ0) is 16.1. The topological polar surface area (TPSA) is 73.7 Å². The van der Waals surface area contributed by atoms with E-state index in [2.05, 4.69) is 22.8 Å². The van der Waals surface area contributed by atoms with Crippen molar-refractivity contribution >= 4 is 40.3 Å². The van der Waals surface area contributed by atoms with Crippen LogP contribution in [0.5, 0.6) is 0 Å². The van der Waals surface area contributed by atoms with Crippen LogP contribution in [-0.4, -0.2) is 27.9 Å². The van der Waals surface area contributed by atoms with E-state index in [0.717, 1.165) is 17.0 Å². The first-order valence-electron chi connectivity index (χ1n) is 7.41. The zero-order valence-electron chi connectivity index (χ0n) is 12.8. The number of aromatic carboxylic acids is 1. The Morgan fingerprint density at radius 1 is 1.36 bits per heavy atom. The molecule has 1 aromatic rings. The predicted molar refractivity (Wildman–Crippen MR) is 93.8 cm³/mol. The van der Waals surface area contributed by atoms with E-state index >= 15 is 0 Å². The van der Waals surface area contributed by atoms with Crippen molar-refractivity contribution in [1.82, 2.24) is 10.7 Å². The number of hydrazone groups is 1. The molecular weight excluding hydrogens is 318 g/mol. The lowest BCUT2D eigenvalue weighted by Gasteiger charge is -2.30. The highest BCUT2D eigenvalue weighted by molar-refractivity contribution is 7.80. The summed E-state index contributed by atoms with van der Waals surface area (Å²) >= 11 is 6.49. The maximum Gasteiger partial charge on any atom is 0.345 e. The number of carbonyl (C=O) groups is 1. The van der Waals surface area contributed by atoms with Crippen LogP contribution >= 0.6 is 23.6 Å². The molecule has 22 heavy (non-hydrogen) atoms. The van der Waals surface area contributed by atoms with E-state index in [4.69, 9.17) is 17.3 Å². The molecule has 0 unspecified atom stereocenters. The molecular formula is C15H21N3O2S2. The molecule has 0 saturated heterocycles. The summed E-state index contributed by atoms with van der Waals surface area (Å²) in [5.41, 5.74) is 3.58. The second kappa shape index (κ2) is 7.69. The van der Waals surface area contributed by atoms with E-state index in [1.54, 1.807) is 12.1 Å². The predicted octanol–water partition coefficient (Wildman–Crippen LogP) is 3.21. The second-order valence-electron chi connectivity index (χ2n) is 5.62. The van der Waals surface area contributed by atoms with Gasteiger partial charge in [0.15, 0.2) is 5.11 Å². The SMILES string of the molecule is C/C(=N/NC(=S)N[C@H]1CCCC[C@@H]1C)c1ccc(C(=O)O)s1. The summed E-state index contributed by atoms with van der Waals surface area (Å²) in [5, 5.41) is 17.0. The van der Waals surface area contributed by atoms with E-state index in [9.17, 15) is 4.79 Å². The Bertz CT molecular complexity index is 583. The monoisotopic (exact) mass is 339 g/mol. The molecule has 0 aromatic carbocycles. The van der Waals surface area contributed by atoms with Crippen molar-refractivity contribution in [3.05, 3.63) is 21.9 Å². The molecule has 0 bridgehead atoms. The van der Waals surface area contributed by atoms with Crippen LogP contribution in [-0.2, 0) is 0 Å². The summed E-state index contributed by atoms with van der Waals surface area (Å²) in [6.07, 6.45) is 4.90. The van der Waals surface area contributed by atoms with Crippen LogP contribution in [0.3, 0.4) is 0 Å². The lowest BCUT2D eigenvalue weighted by Crippen LogP contribution is -2.44. The second-order valence-corrected chi connectivity index (χ2v) is 7.11. The van der Waals surface area contributed by atoms with Crippen LogP contribution in [0.25, 0.3) is 0 Å². The molecule has 7 heteroatoms. The molecule has 2 atom stereocenters. The third kappa shape index (κ3) is 4.51. The molecule has 0 spiro atoms. The first kappa shape index (κ1) is 16.9. The number of nitrogens with zero attached hydrogens (tertiary/aromatic N) is 1. The van der Waals surface area contributed by atoms with E-state index in [-0.39, 0.29) is 0 Å². The van der Waals surface area contributed by atoms with Gasteiger partial charge in [-0.1, -0.05) is 19.8 Å². The molecule has 0 aliphatic heterocycles. The summed E-state index contributed by atoms with van der Waals surface area (Å²) in [6.45, 7) is 4.07. The Morgan fingerprint density at radius 3 is 2.68 bits per heavy atom. The van der Waals surface area contributed by atoms with Gasteiger partial charge in [-0.05, 0) is 50.0 Å². The largest absolute Gasteiger partial charge is 0.477 e. The third-order valence-electron chi connectivity index (χ3n) is 3.93. The highest BCUT2D eigenvalue weighted by Gasteiger charge is 2.21. The number of hydrogen-bond donors (Lipinski definition) is 3. The summed E-state index contributed by atoms with van der Waals surface area (Å²) < 4.78 is 0. The van der Waals surface area contributed by atoms with Crippen molar-refractivity contribution in [2.24, 2.45) is 11.0 Å². The average Bonchev–Trinajstić information content (AvgIpc) is 2.97. The van der Waals surface area contributed by atoms with Crippen molar-refractivity contribution in [3.8, 4) is 0 Å². The summed E-state index contributed by atoms with van der Waals surface area (Å²) in [6, 6.07) is 3.75. The normalized spacial score (nSPS) is 22.2. The molecule has 1 fully saturated rings. The van der Waals surface area contributed by atoms with Gasteiger partial charge in [0.25, 0.3) is 0 Å². The van der Waals surface area contributed by atoms with Crippen LogP contribution in [0.2, 0.25) is 0 Å². The maximum atomic E-state index is 10.9. The number of thiophene rings is 1. The van der Waals surface area contributed by atoms with E-state index in [1.807, 2.05) is 6.92 Å². The van der Waals surface area contributed by atoms with E-state index in [0.29, 0.717) is 21.9 Å². The minimum absolute atomic E-state index is 0.307. The van der Waals surface area contributed by atoms with Crippen LogP contribution < -0.4 is 10.7 Å². The van der Waals surface area contributed by atoms with Gasteiger partial charge in [-0.15, -0.1) is 11.3 Å². The highest BCUT2D eigenvalue weighted by Crippen LogP contribution is 2.23. The van der Waals surface area contributed by atoms with E-state index in [1.165, 1.54) is 30.6 Å². The van der Waals surface area contributed by atoms with E-state index < -0.39 is 5.97 Å². The van der Waals surface area contributed by atoms with Gasteiger partial charge in [-0.2, -0.15) is 5.10 Å². The smallest absolute Gasteiger partial charge is 0.345 e. The standard InChI is InChI=1S/C15H21N3O2S2/c1-9-5-3-4-6-11(9)16-15(21)18-17-10(2)12-7-8-13(22-12)14(19)20/h7-9,11H,3-6H2,1-2H3,(H,19,20)(H2,16,18,21)/b17-10-/t9-,11-/m0/s1. The summed E-state index contributed by atoms with van der Waals surface area (Å²) in [5.74, 6) is -0.297. The minimum Gasteiger partial charge on any atom is -0.477 e. The van der Waals surface area contributed by atoms with Gasteiger partial charge in [0.05, 0.1) is 10.6 Å². The molecule has 0 radical (unpaired) electrons. The first-order chi connectivity index (χ1) is 10.5. The third-order valence-corrected chi connectivity index (χ3v) is 5.32.